The molecular weight excluding hydrogens is 248 g/mol. The van der Waals surface area contributed by atoms with Crippen molar-refractivity contribution in [1.29, 1.82) is 0 Å². The van der Waals surface area contributed by atoms with Gasteiger partial charge in [-0.15, -0.1) is 0 Å². The van der Waals surface area contributed by atoms with Gasteiger partial charge in [-0.05, 0) is 25.1 Å². The SMILES string of the molecule is C/C=C/C=C1\N=C(c2ccc([N+](=O)[O-])cc2)OC1=O. The lowest BCUT2D eigenvalue weighted by molar-refractivity contribution is -0.384. The lowest BCUT2D eigenvalue weighted by Gasteiger charge is -1.98. The van der Waals surface area contributed by atoms with Crippen LogP contribution in [0.2, 0.25) is 0 Å². The van der Waals surface area contributed by atoms with Crippen molar-refractivity contribution in [2.75, 3.05) is 0 Å². The van der Waals surface area contributed by atoms with Gasteiger partial charge in [-0.2, -0.15) is 0 Å². The van der Waals surface area contributed by atoms with E-state index >= 15 is 0 Å². The minimum Gasteiger partial charge on any atom is -0.402 e. The highest BCUT2D eigenvalue weighted by molar-refractivity contribution is 6.11. The number of cyclic esters (lactones) is 1. The fourth-order valence-corrected chi connectivity index (χ4v) is 1.46. The molecule has 1 aromatic rings. The number of rotatable bonds is 3. The number of nitrogens with zero attached hydrogens (tertiary/aromatic N) is 2. The number of nitro benzene ring substituents is 1. The molecule has 96 valence electrons. The minimum atomic E-state index is -0.536. The number of hydrogen-bond donors (Lipinski definition) is 0. The number of hydrogen-bond acceptors (Lipinski definition) is 5. The van der Waals surface area contributed by atoms with Crippen LogP contribution in [0.5, 0.6) is 0 Å². The monoisotopic (exact) mass is 258 g/mol. The molecule has 1 aliphatic heterocycles. The predicted octanol–water partition coefficient (Wildman–Crippen LogP) is 2.36. The highest BCUT2D eigenvalue weighted by atomic mass is 16.6. The van der Waals surface area contributed by atoms with E-state index in [1.165, 1.54) is 24.3 Å². The maximum absolute atomic E-state index is 11.5. The van der Waals surface area contributed by atoms with Crippen LogP contribution in [0.25, 0.3) is 0 Å². The highest BCUT2D eigenvalue weighted by Gasteiger charge is 2.23. The number of ether oxygens (including phenoxy) is 1. The quantitative estimate of drug-likeness (QED) is 0.360. The molecule has 0 N–H and O–H groups in total. The Morgan fingerprint density at radius 1 is 1.32 bits per heavy atom. The molecule has 1 heterocycles. The summed E-state index contributed by atoms with van der Waals surface area (Å²) in [5.74, 6) is -0.387. The van der Waals surface area contributed by atoms with Gasteiger partial charge in [0, 0.05) is 17.7 Å². The standard InChI is InChI=1S/C13H10N2O4/c1-2-3-4-11-13(16)19-12(14-11)9-5-7-10(8-6-9)15(17)18/h2-8H,1H3/b3-2+,11-4-. The second kappa shape index (κ2) is 5.26. The molecule has 0 unspecified atom stereocenters. The van der Waals surface area contributed by atoms with Gasteiger partial charge >= 0.3 is 5.97 Å². The van der Waals surface area contributed by atoms with Crippen LogP contribution in [0.4, 0.5) is 5.69 Å². The first-order chi connectivity index (χ1) is 9.11. The van der Waals surface area contributed by atoms with Crippen LogP contribution >= 0.6 is 0 Å². The van der Waals surface area contributed by atoms with Crippen LogP contribution in [0.15, 0.2) is 53.2 Å². The minimum absolute atomic E-state index is 0.0293. The second-order valence-electron chi connectivity index (χ2n) is 3.69. The molecule has 0 atom stereocenters. The first kappa shape index (κ1) is 12.7. The smallest absolute Gasteiger partial charge is 0.363 e. The molecule has 0 radical (unpaired) electrons. The Labute approximate surface area is 108 Å². The van der Waals surface area contributed by atoms with E-state index in [2.05, 4.69) is 4.99 Å². The van der Waals surface area contributed by atoms with Crippen molar-refractivity contribution in [3.05, 3.63) is 63.9 Å². The molecule has 1 aliphatic rings. The van der Waals surface area contributed by atoms with Gasteiger partial charge in [0.2, 0.25) is 5.90 Å². The molecule has 0 saturated carbocycles. The molecule has 2 rings (SSSR count). The largest absolute Gasteiger partial charge is 0.402 e. The van der Waals surface area contributed by atoms with Crippen LogP contribution in [-0.2, 0) is 9.53 Å². The summed E-state index contributed by atoms with van der Waals surface area (Å²) >= 11 is 0. The molecule has 19 heavy (non-hydrogen) atoms. The van der Waals surface area contributed by atoms with Crippen LogP contribution in [0.1, 0.15) is 12.5 Å². The molecule has 6 heteroatoms. The van der Waals surface area contributed by atoms with Gasteiger partial charge in [-0.25, -0.2) is 9.79 Å². The van der Waals surface area contributed by atoms with E-state index in [1.54, 1.807) is 18.2 Å². The van der Waals surface area contributed by atoms with Crippen molar-refractivity contribution in [2.45, 2.75) is 6.92 Å². The summed E-state index contributed by atoms with van der Waals surface area (Å²) in [4.78, 5) is 25.6. The Balaban J connectivity index is 2.28. The summed E-state index contributed by atoms with van der Waals surface area (Å²) in [5.41, 5.74) is 0.688. The van der Waals surface area contributed by atoms with Gasteiger partial charge in [0.1, 0.15) is 0 Å². The van der Waals surface area contributed by atoms with Crippen LogP contribution < -0.4 is 0 Å². The zero-order chi connectivity index (χ0) is 13.8. The van der Waals surface area contributed by atoms with Crippen LogP contribution in [0, 0.1) is 10.1 Å². The molecule has 0 aliphatic carbocycles. The second-order valence-corrected chi connectivity index (χ2v) is 3.69. The fraction of sp³-hybridized carbons (Fsp3) is 0.0769. The number of non-ortho nitro benzene ring substituents is 1. The van der Waals surface area contributed by atoms with Crippen LogP contribution in [0.3, 0.4) is 0 Å². The number of carbonyl (C=O) groups excluding carboxylic acids is 1. The molecule has 0 amide bonds. The van der Waals surface area contributed by atoms with Gasteiger partial charge in [0.25, 0.3) is 5.69 Å². The average molecular weight is 258 g/mol. The normalized spacial score (nSPS) is 16.8. The third kappa shape index (κ3) is 2.74. The summed E-state index contributed by atoms with van der Waals surface area (Å²) in [6.07, 6.45) is 4.99. The molecule has 1 aromatic carbocycles. The van der Waals surface area contributed by atoms with Gasteiger partial charge < -0.3 is 4.74 Å². The highest BCUT2D eigenvalue weighted by Crippen LogP contribution is 2.18. The molecule has 0 saturated heterocycles. The number of nitro groups is 1. The molecule has 6 nitrogen and oxygen atoms in total. The van der Waals surface area contributed by atoms with E-state index < -0.39 is 10.9 Å². The topological polar surface area (TPSA) is 81.8 Å². The molecule has 0 spiro atoms. The van der Waals surface area contributed by atoms with Crippen molar-refractivity contribution >= 4 is 17.6 Å². The predicted molar refractivity (Wildman–Crippen MR) is 68.6 cm³/mol. The summed E-state index contributed by atoms with van der Waals surface area (Å²) in [6.45, 7) is 1.82. The van der Waals surface area contributed by atoms with Gasteiger partial charge in [-0.1, -0.05) is 12.2 Å². The summed E-state index contributed by atoms with van der Waals surface area (Å²) in [6, 6.07) is 5.64. The summed E-state index contributed by atoms with van der Waals surface area (Å²) < 4.78 is 5.00. The van der Waals surface area contributed by atoms with Gasteiger partial charge in [0.05, 0.1) is 4.92 Å². The Morgan fingerprint density at radius 2 is 2.00 bits per heavy atom. The number of aliphatic imine (C=N–C) groups is 1. The van der Waals surface area contributed by atoms with Crippen molar-refractivity contribution in [2.24, 2.45) is 4.99 Å². The number of carbonyl (C=O) groups is 1. The van der Waals surface area contributed by atoms with Crippen molar-refractivity contribution in [3.63, 3.8) is 0 Å². The van der Waals surface area contributed by atoms with Gasteiger partial charge in [0.15, 0.2) is 5.70 Å². The van der Waals surface area contributed by atoms with E-state index in [0.717, 1.165) is 0 Å². The van der Waals surface area contributed by atoms with Crippen molar-refractivity contribution in [1.82, 2.24) is 0 Å². The number of allylic oxidation sites excluding steroid dienone is 3. The van der Waals surface area contributed by atoms with E-state index in [1.807, 2.05) is 6.92 Å². The maximum atomic E-state index is 11.5. The van der Waals surface area contributed by atoms with E-state index in [0.29, 0.717) is 5.56 Å². The third-order valence-electron chi connectivity index (χ3n) is 2.39. The lowest BCUT2D eigenvalue weighted by atomic mass is 10.2. The van der Waals surface area contributed by atoms with Crippen molar-refractivity contribution in [3.8, 4) is 0 Å². The molecule has 0 aromatic heterocycles. The third-order valence-corrected chi connectivity index (χ3v) is 2.39. The maximum Gasteiger partial charge on any atom is 0.363 e. The van der Waals surface area contributed by atoms with E-state index in [-0.39, 0.29) is 17.3 Å². The fourth-order valence-electron chi connectivity index (χ4n) is 1.46. The van der Waals surface area contributed by atoms with Gasteiger partial charge in [-0.3, -0.25) is 10.1 Å². The van der Waals surface area contributed by atoms with Crippen LogP contribution in [-0.4, -0.2) is 16.8 Å². The first-order valence-electron chi connectivity index (χ1n) is 5.50. The Kier molecular flexibility index (Phi) is 3.51. The Hall–Kier alpha value is -2.76. The van der Waals surface area contributed by atoms with Crippen molar-refractivity contribution < 1.29 is 14.5 Å². The van der Waals surface area contributed by atoms with E-state index in [4.69, 9.17) is 4.74 Å². The lowest BCUT2D eigenvalue weighted by Crippen LogP contribution is -2.05. The summed E-state index contributed by atoms with van der Waals surface area (Å²) in [7, 11) is 0. The summed E-state index contributed by atoms with van der Waals surface area (Å²) in [5, 5.41) is 10.5. The molecular formula is C13H10N2O4. The average Bonchev–Trinajstić information content (AvgIpc) is 2.78. The molecule has 0 bridgehead atoms. The molecule has 0 fully saturated rings. The first-order valence-corrected chi connectivity index (χ1v) is 5.50. The zero-order valence-electron chi connectivity index (χ0n) is 10.1. The Bertz CT molecular complexity index is 612. The van der Waals surface area contributed by atoms with E-state index in [9.17, 15) is 14.9 Å². The zero-order valence-corrected chi connectivity index (χ0v) is 10.1. The Morgan fingerprint density at radius 3 is 2.58 bits per heavy atom. The number of esters is 1. The number of benzene rings is 1.